The normalized spacial score (nSPS) is 10.1. The fourth-order valence-electron chi connectivity index (χ4n) is 0.928. The summed E-state index contributed by atoms with van der Waals surface area (Å²) in [6.07, 6.45) is 0. The Kier molecular flexibility index (Phi) is 1.87. The molecule has 0 aliphatic rings. The second-order valence-corrected chi connectivity index (χ2v) is 2.90. The Morgan fingerprint density at radius 1 is 1.17 bits per heavy atom. The summed E-state index contributed by atoms with van der Waals surface area (Å²) in [5.74, 6) is 0.704. The van der Waals surface area contributed by atoms with Gasteiger partial charge in [-0.3, -0.25) is 0 Å². The molecule has 0 fully saturated rings. The van der Waals surface area contributed by atoms with E-state index in [0.717, 1.165) is 5.56 Å². The van der Waals surface area contributed by atoms with Crippen molar-refractivity contribution in [3.63, 3.8) is 0 Å². The first-order valence-electron chi connectivity index (χ1n) is 3.38. The number of nitrogens with zero attached hydrogens (tertiary/aromatic N) is 4. The summed E-state index contributed by atoms with van der Waals surface area (Å²) in [6.45, 7) is 0. The molecule has 12 heavy (non-hydrogen) atoms. The van der Waals surface area contributed by atoms with Crippen LogP contribution >= 0.6 is 16.1 Å². The van der Waals surface area contributed by atoms with E-state index < -0.39 is 0 Å². The number of aromatic nitrogens is 4. The highest BCUT2D eigenvalue weighted by Gasteiger charge is 2.04. The standard InChI is InChI=1S/C7H5BrN4/c8-12-7(9-10-11-12)6-4-2-1-3-5-6/h1-5H. The Balaban J connectivity index is 2.51. The highest BCUT2D eigenvalue weighted by molar-refractivity contribution is 9.08. The van der Waals surface area contributed by atoms with Gasteiger partial charge in [-0.2, -0.15) is 3.71 Å². The van der Waals surface area contributed by atoms with Crippen molar-refractivity contribution in [2.75, 3.05) is 0 Å². The zero-order valence-corrected chi connectivity index (χ0v) is 7.64. The molecular formula is C7H5BrN4. The van der Waals surface area contributed by atoms with Crippen LogP contribution in [0, 0.1) is 0 Å². The number of hydrogen-bond donors (Lipinski definition) is 0. The number of benzene rings is 1. The van der Waals surface area contributed by atoms with E-state index >= 15 is 0 Å². The maximum absolute atomic E-state index is 3.84. The molecule has 60 valence electrons. The zero-order valence-electron chi connectivity index (χ0n) is 6.05. The first kappa shape index (κ1) is 7.42. The number of hydrogen-bond acceptors (Lipinski definition) is 3. The van der Waals surface area contributed by atoms with Crippen molar-refractivity contribution in [1.82, 2.24) is 19.2 Å². The Hall–Kier alpha value is -1.23. The third-order valence-electron chi connectivity index (χ3n) is 1.46. The Morgan fingerprint density at radius 2 is 1.92 bits per heavy atom. The average molecular weight is 225 g/mol. The summed E-state index contributed by atoms with van der Waals surface area (Å²) < 4.78 is 1.46. The van der Waals surface area contributed by atoms with Crippen LogP contribution in [0.25, 0.3) is 11.4 Å². The molecule has 0 bridgehead atoms. The largest absolute Gasteiger partial charge is 0.193 e. The van der Waals surface area contributed by atoms with Crippen molar-refractivity contribution in [3.8, 4) is 11.4 Å². The monoisotopic (exact) mass is 224 g/mol. The van der Waals surface area contributed by atoms with Crippen LogP contribution in [-0.4, -0.2) is 19.2 Å². The van der Waals surface area contributed by atoms with E-state index in [1.54, 1.807) is 0 Å². The highest BCUT2D eigenvalue weighted by atomic mass is 79.9. The average Bonchev–Trinajstić information content (AvgIpc) is 2.53. The second kappa shape index (κ2) is 3.02. The zero-order chi connectivity index (χ0) is 8.39. The summed E-state index contributed by atoms with van der Waals surface area (Å²) in [5, 5.41) is 11.0. The topological polar surface area (TPSA) is 43.6 Å². The molecule has 0 aliphatic heterocycles. The molecular weight excluding hydrogens is 220 g/mol. The number of tetrazole rings is 1. The third kappa shape index (κ3) is 1.23. The molecule has 2 rings (SSSR count). The van der Waals surface area contributed by atoms with E-state index in [1.807, 2.05) is 30.3 Å². The fraction of sp³-hybridized carbons (Fsp3) is 0. The second-order valence-electron chi connectivity index (χ2n) is 2.23. The van der Waals surface area contributed by atoms with Gasteiger partial charge in [-0.15, -0.1) is 5.10 Å². The molecule has 0 radical (unpaired) electrons. The summed E-state index contributed by atoms with van der Waals surface area (Å²) >= 11 is 3.18. The molecule has 0 spiro atoms. The number of rotatable bonds is 1. The molecule has 5 heteroatoms. The van der Waals surface area contributed by atoms with Crippen LogP contribution in [0.3, 0.4) is 0 Å². The smallest absolute Gasteiger partial charge is 0.156 e. The minimum absolute atomic E-state index is 0.704. The maximum Gasteiger partial charge on any atom is 0.193 e. The molecule has 0 N–H and O–H groups in total. The van der Waals surface area contributed by atoms with Crippen LogP contribution in [0.4, 0.5) is 0 Å². The summed E-state index contributed by atoms with van der Waals surface area (Å²) in [6, 6.07) is 9.73. The van der Waals surface area contributed by atoms with Crippen molar-refractivity contribution in [2.45, 2.75) is 0 Å². The highest BCUT2D eigenvalue weighted by Crippen LogP contribution is 2.15. The Labute approximate surface area is 77.5 Å². The van der Waals surface area contributed by atoms with Gasteiger partial charge in [0.25, 0.3) is 0 Å². The van der Waals surface area contributed by atoms with E-state index in [9.17, 15) is 0 Å². The van der Waals surface area contributed by atoms with Gasteiger partial charge in [-0.05, 0) is 10.4 Å². The van der Waals surface area contributed by atoms with Crippen LogP contribution in [0.2, 0.25) is 0 Å². The molecule has 4 nitrogen and oxygen atoms in total. The van der Waals surface area contributed by atoms with Crippen LogP contribution < -0.4 is 0 Å². The van der Waals surface area contributed by atoms with Gasteiger partial charge in [0, 0.05) is 5.56 Å². The van der Waals surface area contributed by atoms with Crippen molar-refractivity contribution in [2.24, 2.45) is 0 Å². The van der Waals surface area contributed by atoms with Gasteiger partial charge in [0.05, 0.1) is 16.1 Å². The Bertz CT molecular complexity index is 370. The summed E-state index contributed by atoms with van der Waals surface area (Å²) in [4.78, 5) is 0. The SMILES string of the molecule is Brn1nnnc1-c1ccccc1. The van der Waals surface area contributed by atoms with Crippen molar-refractivity contribution in [1.29, 1.82) is 0 Å². The van der Waals surface area contributed by atoms with E-state index in [2.05, 4.69) is 31.7 Å². The quantitative estimate of drug-likeness (QED) is 0.738. The lowest BCUT2D eigenvalue weighted by Gasteiger charge is -1.94. The third-order valence-corrected chi connectivity index (χ3v) is 1.94. The summed E-state index contributed by atoms with van der Waals surface area (Å²) in [5.41, 5.74) is 0.986. The molecule has 0 saturated heterocycles. The molecule has 0 unspecified atom stereocenters. The maximum atomic E-state index is 3.84. The molecule has 0 aliphatic carbocycles. The van der Waals surface area contributed by atoms with E-state index in [1.165, 1.54) is 3.71 Å². The predicted molar refractivity (Wildman–Crippen MR) is 47.6 cm³/mol. The van der Waals surface area contributed by atoms with Crippen LogP contribution in [0.5, 0.6) is 0 Å². The van der Waals surface area contributed by atoms with Crippen molar-refractivity contribution in [3.05, 3.63) is 30.3 Å². The van der Waals surface area contributed by atoms with Gasteiger partial charge < -0.3 is 0 Å². The van der Waals surface area contributed by atoms with E-state index in [0.29, 0.717) is 5.82 Å². The first-order chi connectivity index (χ1) is 5.88. The molecule has 1 aromatic heterocycles. The minimum Gasteiger partial charge on any atom is -0.156 e. The minimum atomic E-state index is 0.704. The Morgan fingerprint density at radius 3 is 2.50 bits per heavy atom. The van der Waals surface area contributed by atoms with Gasteiger partial charge in [0.2, 0.25) is 0 Å². The van der Waals surface area contributed by atoms with Crippen molar-refractivity contribution >= 4 is 16.1 Å². The lowest BCUT2D eigenvalue weighted by molar-refractivity contribution is 0.862. The molecule has 1 aromatic carbocycles. The van der Waals surface area contributed by atoms with Gasteiger partial charge in [-0.1, -0.05) is 30.3 Å². The molecule has 0 amide bonds. The lowest BCUT2D eigenvalue weighted by Crippen LogP contribution is -1.86. The fourth-order valence-corrected chi connectivity index (χ4v) is 1.27. The van der Waals surface area contributed by atoms with Gasteiger partial charge in [0.1, 0.15) is 0 Å². The predicted octanol–water partition coefficient (Wildman–Crippen LogP) is 1.50. The first-order valence-corrected chi connectivity index (χ1v) is 4.09. The molecule has 1 heterocycles. The van der Waals surface area contributed by atoms with Gasteiger partial charge in [0.15, 0.2) is 5.82 Å². The van der Waals surface area contributed by atoms with Crippen molar-refractivity contribution < 1.29 is 0 Å². The van der Waals surface area contributed by atoms with Gasteiger partial charge in [-0.25, -0.2) is 0 Å². The van der Waals surface area contributed by atoms with Gasteiger partial charge >= 0.3 is 0 Å². The molecule has 0 saturated carbocycles. The number of halogens is 1. The molecule has 0 atom stereocenters. The van der Waals surface area contributed by atoms with Crippen LogP contribution in [0.1, 0.15) is 0 Å². The van der Waals surface area contributed by atoms with Crippen LogP contribution in [-0.2, 0) is 0 Å². The lowest BCUT2D eigenvalue weighted by atomic mass is 10.2. The van der Waals surface area contributed by atoms with E-state index in [4.69, 9.17) is 0 Å². The van der Waals surface area contributed by atoms with Crippen LogP contribution in [0.15, 0.2) is 30.3 Å². The molecule has 2 aromatic rings. The van der Waals surface area contributed by atoms with E-state index in [-0.39, 0.29) is 0 Å². The summed E-state index contributed by atoms with van der Waals surface area (Å²) in [7, 11) is 0.